The van der Waals surface area contributed by atoms with Crippen LogP contribution in [-0.2, 0) is 0 Å². The molecular formula is C35H41N3P2. The predicted octanol–water partition coefficient (Wildman–Crippen LogP) is 8.48. The molecule has 2 saturated heterocycles. The second-order valence-electron chi connectivity index (χ2n) is 11.1. The van der Waals surface area contributed by atoms with Crippen molar-refractivity contribution in [2.24, 2.45) is 0 Å². The zero-order valence-corrected chi connectivity index (χ0v) is 25.8. The largest absolute Gasteiger partial charge is 0.249 e. The van der Waals surface area contributed by atoms with Gasteiger partial charge in [-0.2, -0.15) is 0 Å². The normalized spacial score (nSPS) is 20.0. The first-order valence-corrected chi connectivity index (χ1v) is 17.5. The number of hydrogen-bond donors (Lipinski definition) is 0. The van der Waals surface area contributed by atoms with E-state index >= 15 is 0 Å². The van der Waals surface area contributed by atoms with Crippen LogP contribution in [0.15, 0.2) is 109 Å². The number of fused-ring (bicyclic) bond motifs is 1. The maximum absolute atomic E-state index is 3.01. The highest BCUT2D eigenvalue weighted by molar-refractivity contribution is 7.79. The quantitative estimate of drug-likeness (QED) is 0.189. The summed E-state index contributed by atoms with van der Waals surface area (Å²) in [4.78, 5) is 0. The fourth-order valence-corrected chi connectivity index (χ4v) is 13.4. The zero-order chi connectivity index (χ0) is 27.5. The molecule has 0 N–H and O–H groups in total. The first-order chi connectivity index (χ1) is 19.7. The number of unbranched alkanes of at least 4 members (excludes halogenated alkanes) is 1. The van der Waals surface area contributed by atoms with E-state index in [-0.39, 0.29) is 0 Å². The van der Waals surface area contributed by atoms with Crippen molar-refractivity contribution in [3.63, 3.8) is 0 Å². The van der Waals surface area contributed by atoms with Gasteiger partial charge in [-0.1, -0.05) is 134 Å². The Labute approximate surface area is 243 Å². The van der Waals surface area contributed by atoms with Crippen molar-refractivity contribution >= 4 is 26.8 Å². The molecule has 4 aromatic rings. The minimum absolute atomic E-state index is 0.374. The Balaban J connectivity index is 1.56. The van der Waals surface area contributed by atoms with Crippen LogP contribution >= 0.6 is 16.1 Å². The standard InChI is InChI=1S/C35H41N3P2/c1-4-5-27-38(39(32-13-8-6-9-14-32)33-15-10-7-11-16-33)40-34(30-21-17-28(2)18-22-30)36-25-12-26-37(36)35(40)31-23-19-29(3)20-24-31/h6-11,13-24,34-35H,4-5,12,25-27H2,1-3H3/t34-,35-/m1/s1. The molecule has 0 radical (unpaired) electrons. The number of rotatable bonds is 9. The molecule has 0 unspecified atom stereocenters. The summed E-state index contributed by atoms with van der Waals surface area (Å²) in [7, 11) is -1.32. The molecule has 4 aromatic carbocycles. The fourth-order valence-electron chi connectivity index (χ4n) is 6.14. The minimum Gasteiger partial charge on any atom is -0.249 e. The summed E-state index contributed by atoms with van der Waals surface area (Å²) in [5.41, 5.74) is 5.60. The Morgan fingerprint density at radius 1 is 0.675 bits per heavy atom. The molecule has 0 amide bonds. The van der Waals surface area contributed by atoms with E-state index in [9.17, 15) is 0 Å². The third kappa shape index (κ3) is 5.56. The highest BCUT2D eigenvalue weighted by Gasteiger charge is 2.54. The summed E-state index contributed by atoms with van der Waals surface area (Å²) in [5, 5.41) is 8.41. The second-order valence-corrected chi connectivity index (χ2v) is 15.7. The van der Waals surface area contributed by atoms with Crippen LogP contribution in [0.1, 0.15) is 60.0 Å². The van der Waals surface area contributed by atoms with E-state index in [4.69, 9.17) is 0 Å². The molecule has 206 valence electrons. The Bertz CT molecular complexity index is 1260. The number of aryl methyl sites for hydroxylation is 2. The molecule has 0 aromatic heterocycles. The van der Waals surface area contributed by atoms with Gasteiger partial charge in [-0.05, 0) is 48.4 Å². The Morgan fingerprint density at radius 2 is 1.12 bits per heavy atom. The number of hydrazine groups is 1. The highest BCUT2D eigenvalue weighted by atomic mass is 31.2. The number of nitrogens with zero attached hydrogens (tertiary/aromatic N) is 3. The van der Waals surface area contributed by atoms with Gasteiger partial charge in [-0.15, -0.1) is 0 Å². The van der Waals surface area contributed by atoms with Crippen molar-refractivity contribution in [3.8, 4) is 0 Å². The summed E-state index contributed by atoms with van der Waals surface area (Å²) in [6.07, 6.45) is 3.64. The second kappa shape index (κ2) is 12.6. The molecule has 2 fully saturated rings. The van der Waals surface area contributed by atoms with E-state index < -0.39 is 16.1 Å². The lowest BCUT2D eigenvalue weighted by Crippen LogP contribution is -2.32. The van der Waals surface area contributed by atoms with E-state index in [1.54, 1.807) is 0 Å². The van der Waals surface area contributed by atoms with Crippen molar-refractivity contribution in [1.82, 2.24) is 14.5 Å². The van der Waals surface area contributed by atoms with Crippen molar-refractivity contribution in [2.75, 3.05) is 19.6 Å². The van der Waals surface area contributed by atoms with Crippen LogP contribution in [0.3, 0.4) is 0 Å². The molecule has 2 atom stereocenters. The van der Waals surface area contributed by atoms with Gasteiger partial charge in [-0.3, -0.25) is 0 Å². The van der Waals surface area contributed by atoms with Crippen LogP contribution in [0.5, 0.6) is 0 Å². The van der Waals surface area contributed by atoms with Gasteiger partial charge in [0, 0.05) is 35.8 Å². The van der Waals surface area contributed by atoms with Crippen LogP contribution < -0.4 is 10.6 Å². The molecule has 40 heavy (non-hydrogen) atoms. The van der Waals surface area contributed by atoms with Gasteiger partial charge in [-0.25, -0.2) is 14.5 Å². The van der Waals surface area contributed by atoms with Crippen LogP contribution in [0.4, 0.5) is 0 Å². The van der Waals surface area contributed by atoms with Crippen molar-refractivity contribution < 1.29 is 0 Å². The van der Waals surface area contributed by atoms with Gasteiger partial charge in [0.05, 0.1) is 11.6 Å². The van der Waals surface area contributed by atoms with Crippen LogP contribution in [-0.4, -0.2) is 34.1 Å². The minimum atomic E-state index is -0.694. The van der Waals surface area contributed by atoms with Gasteiger partial charge in [0.15, 0.2) is 0 Å². The first kappa shape index (κ1) is 27.8. The Morgan fingerprint density at radius 3 is 1.55 bits per heavy atom. The van der Waals surface area contributed by atoms with E-state index in [2.05, 4.69) is 144 Å². The van der Waals surface area contributed by atoms with E-state index in [0.717, 1.165) is 19.6 Å². The zero-order valence-electron chi connectivity index (χ0n) is 24.0. The number of benzene rings is 4. The van der Waals surface area contributed by atoms with Crippen LogP contribution in [0, 0.1) is 13.8 Å². The number of hydrogen-bond acceptors (Lipinski definition) is 3. The maximum atomic E-state index is 3.01. The highest BCUT2D eigenvalue weighted by Crippen LogP contribution is 2.76. The van der Waals surface area contributed by atoms with Gasteiger partial charge in [0.25, 0.3) is 0 Å². The molecular weight excluding hydrogens is 524 g/mol. The van der Waals surface area contributed by atoms with Crippen LogP contribution in [0.25, 0.3) is 0 Å². The van der Waals surface area contributed by atoms with Gasteiger partial charge in [0.2, 0.25) is 0 Å². The monoisotopic (exact) mass is 565 g/mol. The van der Waals surface area contributed by atoms with Crippen molar-refractivity contribution in [2.45, 2.75) is 51.6 Å². The molecule has 2 heterocycles. The molecule has 0 saturated carbocycles. The fraction of sp³-hybridized carbons (Fsp3) is 0.314. The molecule has 2 aliphatic rings. The average Bonchev–Trinajstić information content (AvgIpc) is 3.58. The smallest absolute Gasteiger partial charge is 0.0847 e. The first-order valence-electron chi connectivity index (χ1n) is 14.8. The van der Waals surface area contributed by atoms with Gasteiger partial charge in [0.1, 0.15) is 0 Å². The Hall–Kier alpha value is -2.38. The lowest BCUT2D eigenvalue weighted by Gasteiger charge is -2.42. The molecule has 0 aliphatic carbocycles. The van der Waals surface area contributed by atoms with Crippen molar-refractivity contribution in [3.05, 3.63) is 131 Å². The summed E-state index contributed by atoms with van der Waals surface area (Å²) in [6.45, 7) is 10.1. The maximum Gasteiger partial charge on any atom is 0.0847 e. The summed E-state index contributed by atoms with van der Waals surface area (Å²) in [5.74, 6) is 0.748. The van der Waals surface area contributed by atoms with Gasteiger partial charge < -0.3 is 0 Å². The van der Waals surface area contributed by atoms with E-state index in [1.165, 1.54) is 52.1 Å². The predicted molar refractivity (Wildman–Crippen MR) is 173 cm³/mol. The third-order valence-electron chi connectivity index (χ3n) is 8.13. The summed E-state index contributed by atoms with van der Waals surface area (Å²) < 4.78 is 3.01. The van der Waals surface area contributed by atoms with E-state index in [0.29, 0.717) is 11.6 Å². The summed E-state index contributed by atoms with van der Waals surface area (Å²) >= 11 is 0. The molecule has 0 bridgehead atoms. The lowest BCUT2D eigenvalue weighted by molar-refractivity contribution is 0.0252. The lowest BCUT2D eigenvalue weighted by atomic mass is 10.1. The third-order valence-corrected chi connectivity index (χ3v) is 14.4. The molecule has 5 heteroatoms. The molecule has 6 rings (SSSR count). The van der Waals surface area contributed by atoms with Crippen molar-refractivity contribution in [1.29, 1.82) is 0 Å². The SMILES string of the molecule is CCCCN(P(c1ccccc1)c1ccccc1)P1[C@H](c2ccc(C)cc2)N2CCCN2[C@H]1c1ccc(C)cc1. The Kier molecular flexibility index (Phi) is 8.78. The summed E-state index contributed by atoms with van der Waals surface area (Å²) in [6, 6.07) is 41.6. The molecule has 0 spiro atoms. The van der Waals surface area contributed by atoms with E-state index in [1.807, 2.05) is 0 Å². The van der Waals surface area contributed by atoms with Crippen LogP contribution in [0.2, 0.25) is 0 Å². The molecule has 2 aliphatic heterocycles. The topological polar surface area (TPSA) is 9.72 Å². The molecule has 3 nitrogen and oxygen atoms in total. The van der Waals surface area contributed by atoms with Gasteiger partial charge >= 0.3 is 0 Å². The average molecular weight is 566 g/mol.